The third kappa shape index (κ3) is 3.24. The number of thioether (sulfide) groups is 1. The lowest BCUT2D eigenvalue weighted by Gasteiger charge is -2.17. The largest absolute Gasteiger partial charge is 0.389 e. The van der Waals surface area contributed by atoms with Crippen molar-refractivity contribution in [1.82, 2.24) is 19.5 Å². The van der Waals surface area contributed by atoms with Crippen LogP contribution in [-0.4, -0.2) is 47.2 Å². The molecule has 8 nitrogen and oxygen atoms in total. The summed E-state index contributed by atoms with van der Waals surface area (Å²) < 4.78 is 1.87. The number of rotatable bonds is 4. The van der Waals surface area contributed by atoms with Gasteiger partial charge in [-0.3, -0.25) is 0 Å². The molecule has 9 heteroatoms. The Hall–Kier alpha value is -2.88. The number of benzene rings is 1. The average molecular weight is 423 g/mol. The van der Waals surface area contributed by atoms with E-state index >= 15 is 0 Å². The molecular weight excluding hydrogens is 400 g/mol. The van der Waals surface area contributed by atoms with Crippen molar-refractivity contribution in [3.8, 4) is 0 Å². The van der Waals surface area contributed by atoms with E-state index in [-0.39, 0.29) is 10.6 Å². The van der Waals surface area contributed by atoms with Crippen molar-refractivity contribution in [3.63, 3.8) is 0 Å². The van der Waals surface area contributed by atoms with Gasteiger partial charge in [0.25, 0.3) is 0 Å². The zero-order valence-corrected chi connectivity index (χ0v) is 16.9. The molecule has 0 spiro atoms. The molecule has 6 N–H and O–H groups in total. The third-order valence-corrected chi connectivity index (χ3v) is 7.30. The molecule has 0 bridgehead atoms. The van der Waals surface area contributed by atoms with Crippen molar-refractivity contribution in [2.45, 2.75) is 35.7 Å². The van der Waals surface area contributed by atoms with Crippen molar-refractivity contribution in [2.75, 3.05) is 11.5 Å². The SMILES string of the molecule is Nc1ccc2ccc(CC[C@H]3S[C@@H](n4ccc5c(N)ncnc54)[C@H](O)[C@@H]3O)cc2n1. The van der Waals surface area contributed by atoms with Crippen molar-refractivity contribution in [2.24, 2.45) is 0 Å². The van der Waals surface area contributed by atoms with Crippen LogP contribution in [0.4, 0.5) is 11.6 Å². The van der Waals surface area contributed by atoms with Gasteiger partial charge in [-0.2, -0.15) is 0 Å². The molecule has 4 atom stereocenters. The number of aliphatic hydroxyl groups is 2. The zero-order valence-electron chi connectivity index (χ0n) is 16.1. The fourth-order valence-electron chi connectivity index (χ4n) is 4.04. The van der Waals surface area contributed by atoms with E-state index in [0.717, 1.165) is 34.7 Å². The van der Waals surface area contributed by atoms with Crippen LogP contribution in [0, 0.1) is 0 Å². The minimum Gasteiger partial charge on any atom is -0.389 e. The van der Waals surface area contributed by atoms with Crippen molar-refractivity contribution >= 4 is 45.3 Å². The van der Waals surface area contributed by atoms with Crippen LogP contribution >= 0.6 is 11.8 Å². The van der Waals surface area contributed by atoms with Crippen LogP contribution in [0.1, 0.15) is 17.4 Å². The van der Waals surface area contributed by atoms with Gasteiger partial charge in [-0.1, -0.05) is 12.1 Å². The maximum absolute atomic E-state index is 10.7. The lowest BCUT2D eigenvalue weighted by atomic mass is 10.0. The van der Waals surface area contributed by atoms with E-state index in [9.17, 15) is 10.2 Å². The summed E-state index contributed by atoms with van der Waals surface area (Å²) in [5.74, 6) is 0.898. The highest BCUT2D eigenvalue weighted by molar-refractivity contribution is 8.00. The molecule has 154 valence electrons. The number of aromatic nitrogens is 4. The maximum Gasteiger partial charge on any atom is 0.146 e. The molecule has 0 unspecified atom stereocenters. The molecule has 1 saturated heterocycles. The van der Waals surface area contributed by atoms with E-state index in [1.165, 1.54) is 6.33 Å². The first-order valence-corrected chi connectivity index (χ1v) is 10.7. The molecule has 5 rings (SSSR count). The molecule has 1 fully saturated rings. The van der Waals surface area contributed by atoms with Gasteiger partial charge in [-0.15, -0.1) is 11.8 Å². The number of aliphatic hydroxyl groups excluding tert-OH is 2. The van der Waals surface area contributed by atoms with E-state index in [2.05, 4.69) is 21.0 Å². The summed E-state index contributed by atoms with van der Waals surface area (Å²) in [7, 11) is 0. The van der Waals surface area contributed by atoms with Crippen LogP contribution in [0.2, 0.25) is 0 Å². The number of nitrogen functional groups attached to an aromatic ring is 2. The highest BCUT2D eigenvalue weighted by Gasteiger charge is 2.43. The Labute approximate surface area is 177 Å². The molecule has 1 aliphatic rings. The highest BCUT2D eigenvalue weighted by atomic mass is 32.2. The summed E-state index contributed by atoms with van der Waals surface area (Å²) in [4.78, 5) is 12.7. The van der Waals surface area contributed by atoms with Crippen LogP contribution in [0.15, 0.2) is 48.9 Å². The van der Waals surface area contributed by atoms with E-state index in [0.29, 0.717) is 17.3 Å². The Bertz CT molecular complexity index is 1230. The highest BCUT2D eigenvalue weighted by Crippen LogP contribution is 2.45. The molecule has 3 aromatic heterocycles. The van der Waals surface area contributed by atoms with Gasteiger partial charge in [-0.05, 0) is 42.7 Å². The molecule has 0 saturated carbocycles. The molecule has 1 aliphatic heterocycles. The molecule has 4 heterocycles. The number of hydrogen-bond acceptors (Lipinski definition) is 8. The Morgan fingerprint density at radius 3 is 2.73 bits per heavy atom. The first kappa shape index (κ1) is 19.1. The maximum atomic E-state index is 10.7. The molecule has 0 aliphatic carbocycles. The summed E-state index contributed by atoms with van der Waals surface area (Å²) in [6.45, 7) is 0. The Morgan fingerprint density at radius 2 is 1.87 bits per heavy atom. The lowest BCUT2D eigenvalue weighted by Crippen LogP contribution is -2.31. The van der Waals surface area contributed by atoms with Crippen LogP contribution in [0.3, 0.4) is 0 Å². The van der Waals surface area contributed by atoms with E-state index < -0.39 is 12.2 Å². The van der Waals surface area contributed by atoms with E-state index in [1.807, 2.05) is 35.0 Å². The minimum absolute atomic E-state index is 0.105. The number of pyridine rings is 1. The summed E-state index contributed by atoms with van der Waals surface area (Å²) in [5, 5.41) is 22.7. The predicted octanol–water partition coefficient (Wildman–Crippen LogP) is 2.11. The summed E-state index contributed by atoms with van der Waals surface area (Å²) >= 11 is 1.56. The molecule has 30 heavy (non-hydrogen) atoms. The van der Waals surface area contributed by atoms with Crippen LogP contribution in [0.5, 0.6) is 0 Å². The molecule has 0 radical (unpaired) electrons. The first-order chi connectivity index (χ1) is 14.5. The smallest absolute Gasteiger partial charge is 0.146 e. The number of hydrogen-bond donors (Lipinski definition) is 4. The second-order valence-corrected chi connectivity index (χ2v) is 8.93. The van der Waals surface area contributed by atoms with Crippen molar-refractivity contribution in [1.29, 1.82) is 0 Å². The van der Waals surface area contributed by atoms with Gasteiger partial charge in [0.1, 0.15) is 35.1 Å². The topological polar surface area (TPSA) is 136 Å². The monoisotopic (exact) mass is 422 g/mol. The van der Waals surface area contributed by atoms with Crippen molar-refractivity contribution < 1.29 is 10.2 Å². The van der Waals surface area contributed by atoms with E-state index in [4.69, 9.17) is 11.5 Å². The van der Waals surface area contributed by atoms with Gasteiger partial charge in [0.2, 0.25) is 0 Å². The summed E-state index contributed by atoms with van der Waals surface area (Å²) in [6, 6.07) is 11.7. The molecular formula is C21H22N6O2S. The lowest BCUT2D eigenvalue weighted by molar-refractivity contribution is 0.0176. The number of fused-ring (bicyclic) bond motifs is 2. The first-order valence-electron chi connectivity index (χ1n) is 9.75. The van der Waals surface area contributed by atoms with Crippen molar-refractivity contribution in [3.05, 3.63) is 54.5 Å². The molecule has 0 amide bonds. The quantitative estimate of drug-likeness (QED) is 0.393. The predicted molar refractivity (Wildman–Crippen MR) is 119 cm³/mol. The Balaban J connectivity index is 1.34. The second kappa shape index (κ2) is 7.42. The third-order valence-electron chi connectivity index (χ3n) is 5.65. The van der Waals surface area contributed by atoms with Gasteiger partial charge in [0.15, 0.2) is 0 Å². The van der Waals surface area contributed by atoms with Gasteiger partial charge < -0.3 is 26.2 Å². The number of aryl methyl sites for hydroxylation is 1. The fourth-order valence-corrected chi connectivity index (χ4v) is 5.59. The van der Waals surface area contributed by atoms with Crippen LogP contribution < -0.4 is 11.5 Å². The fraction of sp³-hybridized carbons (Fsp3) is 0.286. The number of anilines is 2. The summed E-state index contributed by atoms with van der Waals surface area (Å²) in [5.41, 5.74) is 14.4. The van der Waals surface area contributed by atoms with Crippen LogP contribution in [0.25, 0.3) is 21.9 Å². The second-order valence-electron chi connectivity index (χ2n) is 7.57. The van der Waals surface area contributed by atoms with Gasteiger partial charge in [-0.25, -0.2) is 15.0 Å². The Kier molecular flexibility index (Phi) is 4.73. The van der Waals surface area contributed by atoms with E-state index in [1.54, 1.807) is 17.8 Å². The van der Waals surface area contributed by atoms with Crippen LogP contribution in [-0.2, 0) is 6.42 Å². The Morgan fingerprint density at radius 1 is 1.03 bits per heavy atom. The van der Waals surface area contributed by atoms with Gasteiger partial charge >= 0.3 is 0 Å². The van der Waals surface area contributed by atoms with Gasteiger partial charge in [0.05, 0.1) is 17.0 Å². The minimum atomic E-state index is -0.898. The molecule has 4 aromatic rings. The standard InChI is InChI=1S/C21H22N6O2S/c22-16-6-4-12-3-1-11(9-14(12)26-16)2-5-15-17(28)18(29)21(30-15)27-8-7-13-19(23)24-10-25-20(13)27/h1,3-4,6-10,15,17-18,21,28-29H,2,5H2,(H2,22,26)(H2,23,24,25)/t15-,17-,18-,21-/m1/s1. The van der Waals surface area contributed by atoms with Gasteiger partial charge in [0, 0.05) is 16.8 Å². The summed E-state index contributed by atoms with van der Waals surface area (Å²) in [6.07, 6.45) is 3.02. The number of nitrogens with two attached hydrogens (primary N) is 2. The zero-order chi connectivity index (χ0) is 20.8. The number of nitrogens with zero attached hydrogens (tertiary/aromatic N) is 4. The molecule has 1 aromatic carbocycles. The normalized spacial score (nSPS) is 24.1. The average Bonchev–Trinajstić information content (AvgIpc) is 3.29.